The quantitative estimate of drug-likeness (QED) is 0.621. The minimum Gasteiger partial charge on any atom is -0.311 e. The van der Waals surface area contributed by atoms with Crippen molar-refractivity contribution in [3.05, 3.63) is 0 Å². The molecule has 1 atom stereocenters. The van der Waals surface area contributed by atoms with Crippen LogP contribution in [0, 0.1) is 0 Å². The molecule has 0 aromatic heterocycles. The van der Waals surface area contributed by atoms with Crippen LogP contribution in [0.15, 0.2) is 0 Å². The molecule has 1 aliphatic rings. The van der Waals surface area contributed by atoms with Crippen LogP contribution in [0.2, 0.25) is 0 Å². The molecule has 0 bridgehead atoms. The van der Waals surface area contributed by atoms with Crippen LogP contribution in [0.5, 0.6) is 0 Å². The highest BCUT2D eigenvalue weighted by atomic mass is 15.0. The summed E-state index contributed by atoms with van der Waals surface area (Å²) in [4.78, 5) is 0. The predicted molar refractivity (Wildman–Crippen MR) is 52.4 cm³/mol. The molecule has 2 heteroatoms. The Kier molecular flexibility index (Phi) is 5.37. The topological polar surface area (TPSA) is 26.1 Å². The minimum atomic E-state index is 0.690. The van der Waals surface area contributed by atoms with Gasteiger partial charge in [-0.15, -0.1) is 0 Å². The van der Waals surface area contributed by atoms with Gasteiger partial charge in [-0.3, -0.25) is 0 Å². The highest BCUT2D eigenvalue weighted by molar-refractivity contribution is 4.74. The summed E-state index contributed by atoms with van der Waals surface area (Å²) in [6, 6.07) is 0.690. The van der Waals surface area contributed by atoms with Crippen LogP contribution >= 0.6 is 0 Å². The van der Waals surface area contributed by atoms with Gasteiger partial charge in [0.15, 0.2) is 0 Å². The molecule has 12 heavy (non-hydrogen) atoms. The first-order valence-corrected chi connectivity index (χ1v) is 5.30. The van der Waals surface area contributed by atoms with Crippen LogP contribution in [0.3, 0.4) is 0 Å². The molecule has 0 saturated carbocycles. The Labute approximate surface area is 76.1 Å². The molecule has 71 valence electrons. The van der Waals surface area contributed by atoms with E-state index in [0.29, 0.717) is 6.04 Å². The summed E-state index contributed by atoms with van der Waals surface area (Å²) in [5, 5.41) is 7.90. The highest BCUT2D eigenvalue weighted by Gasteiger charge is 2.11. The summed E-state index contributed by atoms with van der Waals surface area (Å²) in [6.45, 7) is 5.42. The first-order valence-electron chi connectivity index (χ1n) is 5.30. The van der Waals surface area contributed by atoms with E-state index in [1.165, 1.54) is 32.1 Å². The molecular weight excluding hydrogens is 148 g/mol. The maximum atomic E-state index is 4.39. The lowest BCUT2D eigenvalue weighted by atomic mass is 10.1. The number of hydrogen-bond donors (Lipinski definition) is 1. The Morgan fingerprint density at radius 1 is 1.33 bits per heavy atom. The van der Waals surface area contributed by atoms with Crippen molar-refractivity contribution >= 4 is 0 Å². The number of rotatable bonds is 5. The molecule has 0 aromatic rings. The summed E-state index contributed by atoms with van der Waals surface area (Å²) in [6.07, 6.45) is 6.82. The van der Waals surface area contributed by atoms with Crippen molar-refractivity contribution in [3.63, 3.8) is 0 Å². The molecule has 1 radical (unpaired) electrons. The number of hydrogen-bond acceptors (Lipinski definition) is 1. The van der Waals surface area contributed by atoms with Gasteiger partial charge in [-0.05, 0) is 6.42 Å². The van der Waals surface area contributed by atoms with Gasteiger partial charge in [0.05, 0.1) is 0 Å². The fraction of sp³-hybridized carbons (Fsp3) is 1.00. The van der Waals surface area contributed by atoms with Crippen molar-refractivity contribution < 1.29 is 0 Å². The molecule has 1 heterocycles. The third-order valence-electron chi connectivity index (χ3n) is 2.46. The molecule has 1 aliphatic heterocycles. The van der Waals surface area contributed by atoms with E-state index >= 15 is 0 Å². The van der Waals surface area contributed by atoms with Crippen molar-refractivity contribution in [1.82, 2.24) is 10.6 Å². The average molecular weight is 169 g/mol. The van der Waals surface area contributed by atoms with Crippen LogP contribution in [-0.4, -0.2) is 25.7 Å². The van der Waals surface area contributed by atoms with Crippen LogP contribution in [-0.2, 0) is 0 Å². The molecule has 1 fully saturated rings. The molecule has 0 spiro atoms. The third-order valence-corrected chi connectivity index (χ3v) is 2.46. The number of nitrogens with one attached hydrogen (secondary N) is 1. The Hall–Kier alpha value is -0.0800. The zero-order valence-electron chi connectivity index (χ0n) is 8.18. The van der Waals surface area contributed by atoms with Gasteiger partial charge in [0, 0.05) is 25.7 Å². The van der Waals surface area contributed by atoms with E-state index in [9.17, 15) is 0 Å². The number of nitrogens with zero attached hydrogens (tertiary/aromatic N) is 1. The zero-order valence-corrected chi connectivity index (χ0v) is 8.18. The van der Waals surface area contributed by atoms with E-state index < -0.39 is 0 Å². The Morgan fingerprint density at radius 3 is 2.92 bits per heavy atom. The van der Waals surface area contributed by atoms with Crippen LogP contribution < -0.4 is 10.6 Å². The van der Waals surface area contributed by atoms with Gasteiger partial charge in [-0.1, -0.05) is 32.6 Å². The maximum Gasteiger partial charge on any atom is 0.0288 e. The minimum absolute atomic E-state index is 0.690. The number of piperazine rings is 1. The lowest BCUT2D eigenvalue weighted by Crippen LogP contribution is -2.44. The molecular formula is C10H21N2. The second kappa shape index (κ2) is 6.44. The summed E-state index contributed by atoms with van der Waals surface area (Å²) >= 11 is 0. The van der Waals surface area contributed by atoms with E-state index in [-0.39, 0.29) is 0 Å². The van der Waals surface area contributed by atoms with E-state index in [0.717, 1.165) is 19.6 Å². The summed E-state index contributed by atoms with van der Waals surface area (Å²) < 4.78 is 0. The molecule has 2 nitrogen and oxygen atoms in total. The largest absolute Gasteiger partial charge is 0.311 e. The SMILES string of the molecule is CCCCCCC1C[N]CCN1. The fourth-order valence-electron chi connectivity index (χ4n) is 1.67. The van der Waals surface area contributed by atoms with Crippen molar-refractivity contribution in [2.45, 2.75) is 45.1 Å². The summed E-state index contributed by atoms with van der Waals surface area (Å²) in [5.74, 6) is 0. The fourth-order valence-corrected chi connectivity index (χ4v) is 1.67. The van der Waals surface area contributed by atoms with Gasteiger partial charge in [0.1, 0.15) is 0 Å². The average Bonchev–Trinajstić information content (AvgIpc) is 2.14. The van der Waals surface area contributed by atoms with Gasteiger partial charge in [-0.2, -0.15) is 0 Å². The Morgan fingerprint density at radius 2 is 2.25 bits per heavy atom. The molecule has 0 aromatic carbocycles. The third kappa shape index (κ3) is 4.07. The van der Waals surface area contributed by atoms with Crippen LogP contribution in [0.25, 0.3) is 0 Å². The summed E-state index contributed by atoms with van der Waals surface area (Å²) in [7, 11) is 0. The van der Waals surface area contributed by atoms with Gasteiger partial charge < -0.3 is 5.32 Å². The first-order chi connectivity index (χ1) is 5.93. The van der Waals surface area contributed by atoms with E-state index in [1.54, 1.807) is 0 Å². The van der Waals surface area contributed by atoms with E-state index in [2.05, 4.69) is 17.6 Å². The highest BCUT2D eigenvalue weighted by Crippen LogP contribution is 2.06. The lowest BCUT2D eigenvalue weighted by molar-refractivity contribution is 0.382. The molecule has 1 N–H and O–H groups in total. The second-order valence-electron chi connectivity index (χ2n) is 3.63. The monoisotopic (exact) mass is 169 g/mol. The van der Waals surface area contributed by atoms with Gasteiger partial charge in [0.25, 0.3) is 0 Å². The normalized spacial score (nSPS) is 24.2. The number of unbranched alkanes of at least 4 members (excludes halogenated alkanes) is 3. The standard InChI is InChI=1S/C10H21N2/c1-2-3-4-5-6-10-9-11-7-8-12-10/h10,12H,2-9H2,1H3. The molecule has 0 amide bonds. The van der Waals surface area contributed by atoms with Gasteiger partial charge in [0.2, 0.25) is 0 Å². The molecule has 1 rings (SSSR count). The maximum absolute atomic E-state index is 4.39. The van der Waals surface area contributed by atoms with Gasteiger partial charge in [-0.25, -0.2) is 5.32 Å². The molecule has 1 saturated heterocycles. The van der Waals surface area contributed by atoms with Crippen molar-refractivity contribution in [2.24, 2.45) is 0 Å². The predicted octanol–water partition coefficient (Wildman–Crippen LogP) is 1.53. The second-order valence-corrected chi connectivity index (χ2v) is 3.63. The van der Waals surface area contributed by atoms with Gasteiger partial charge >= 0.3 is 0 Å². The molecule has 1 unspecified atom stereocenters. The molecule has 0 aliphatic carbocycles. The summed E-state index contributed by atoms with van der Waals surface area (Å²) in [5.41, 5.74) is 0. The van der Waals surface area contributed by atoms with E-state index in [4.69, 9.17) is 0 Å². The first kappa shape index (κ1) is 10.0. The zero-order chi connectivity index (χ0) is 8.65. The lowest BCUT2D eigenvalue weighted by Gasteiger charge is -2.23. The Bertz CT molecular complexity index is 98.0. The van der Waals surface area contributed by atoms with Crippen LogP contribution in [0.1, 0.15) is 39.0 Å². The Balaban J connectivity index is 1.91. The van der Waals surface area contributed by atoms with Crippen LogP contribution in [0.4, 0.5) is 0 Å². The van der Waals surface area contributed by atoms with E-state index in [1.807, 2.05) is 0 Å². The van der Waals surface area contributed by atoms with Crippen molar-refractivity contribution in [3.8, 4) is 0 Å². The van der Waals surface area contributed by atoms with Crippen molar-refractivity contribution in [1.29, 1.82) is 0 Å². The van der Waals surface area contributed by atoms with Crippen molar-refractivity contribution in [2.75, 3.05) is 19.6 Å². The smallest absolute Gasteiger partial charge is 0.0288 e.